The summed E-state index contributed by atoms with van der Waals surface area (Å²) in [6.07, 6.45) is 2.48. The smallest absolute Gasteiger partial charge is 0.254 e. The SMILES string of the molecule is Cc1cc(C(=O)N2CC[C@H]3OCc4cnnn4[C@@H]3C2)c2ccc(F)cc2n1. The Morgan fingerprint density at radius 1 is 1.33 bits per heavy atom. The largest absolute Gasteiger partial charge is 0.370 e. The lowest BCUT2D eigenvalue weighted by molar-refractivity contribution is -0.0604. The number of carbonyl (C=O) groups is 1. The molecule has 1 amide bonds. The fraction of sp³-hybridized carbons (Fsp3) is 0.368. The second-order valence-electron chi connectivity index (χ2n) is 7.10. The zero-order valence-corrected chi connectivity index (χ0v) is 14.8. The molecule has 3 aromatic rings. The number of amides is 1. The summed E-state index contributed by atoms with van der Waals surface area (Å²) in [5.41, 5.74) is 2.65. The number of halogens is 1. The fourth-order valence-corrected chi connectivity index (χ4v) is 4.04. The first-order chi connectivity index (χ1) is 13.1. The highest BCUT2D eigenvalue weighted by molar-refractivity contribution is 6.06. The van der Waals surface area contributed by atoms with Crippen LogP contribution in [0.3, 0.4) is 0 Å². The summed E-state index contributed by atoms with van der Waals surface area (Å²) in [6.45, 7) is 3.42. The molecule has 0 spiro atoms. The molecule has 0 unspecified atom stereocenters. The van der Waals surface area contributed by atoms with Crippen LogP contribution in [0, 0.1) is 12.7 Å². The first-order valence-electron chi connectivity index (χ1n) is 8.97. The highest BCUT2D eigenvalue weighted by Crippen LogP contribution is 2.31. The van der Waals surface area contributed by atoms with E-state index in [9.17, 15) is 9.18 Å². The van der Waals surface area contributed by atoms with Crippen molar-refractivity contribution in [3.63, 3.8) is 0 Å². The van der Waals surface area contributed by atoms with Crippen LogP contribution >= 0.6 is 0 Å². The van der Waals surface area contributed by atoms with Gasteiger partial charge in [0.1, 0.15) is 5.82 Å². The minimum atomic E-state index is -0.363. The van der Waals surface area contributed by atoms with E-state index < -0.39 is 0 Å². The van der Waals surface area contributed by atoms with E-state index in [4.69, 9.17) is 4.74 Å². The second kappa shape index (κ2) is 6.09. The molecule has 27 heavy (non-hydrogen) atoms. The van der Waals surface area contributed by atoms with Crippen molar-refractivity contribution in [2.75, 3.05) is 13.1 Å². The average Bonchev–Trinajstić information content (AvgIpc) is 3.15. The van der Waals surface area contributed by atoms with Crippen molar-refractivity contribution >= 4 is 16.8 Å². The first kappa shape index (κ1) is 16.3. The maximum absolute atomic E-state index is 13.6. The Kier molecular flexibility index (Phi) is 3.68. The van der Waals surface area contributed by atoms with Gasteiger partial charge in [0.25, 0.3) is 5.91 Å². The van der Waals surface area contributed by atoms with E-state index >= 15 is 0 Å². The van der Waals surface area contributed by atoms with Crippen molar-refractivity contribution in [2.24, 2.45) is 0 Å². The number of pyridine rings is 1. The molecule has 8 heteroatoms. The van der Waals surface area contributed by atoms with Crippen molar-refractivity contribution in [3.05, 3.63) is 53.2 Å². The monoisotopic (exact) mass is 367 g/mol. The van der Waals surface area contributed by atoms with Crippen LogP contribution in [-0.4, -0.2) is 50.0 Å². The van der Waals surface area contributed by atoms with Gasteiger partial charge in [0, 0.05) is 30.2 Å². The predicted octanol–water partition coefficient (Wildman–Crippen LogP) is 2.26. The molecule has 2 atom stereocenters. The highest BCUT2D eigenvalue weighted by Gasteiger charge is 2.38. The quantitative estimate of drug-likeness (QED) is 0.660. The number of nitrogens with zero attached hydrogens (tertiary/aromatic N) is 5. The van der Waals surface area contributed by atoms with E-state index in [1.54, 1.807) is 18.3 Å². The molecular weight excluding hydrogens is 349 g/mol. The molecule has 2 aliphatic heterocycles. The number of aryl methyl sites for hydroxylation is 1. The van der Waals surface area contributed by atoms with Crippen LogP contribution in [0.15, 0.2) is 30.5 Å². The molecule has 0 N–H and O–H groups in total. The summed E-state index contributed by atoms with van der Waals surface area (Å²) < 4.78 is 21.4. The zero-order chi connectivity index (χ0) is 18.5. The highest BCUT2D eigenvalue weighted by atomic mass is 19.1. The lowest BCUT2D eigenvalue weighted by Crippen LogP contribution is -2.50. The Hall–Kier alpha value is -2.87. The average molecular weight is 367 g/mol. The number of aromatic nitrogens is 4. The Balaban J connectivity index is 1.50. The van der Waals surface area contributed by atoms with Gasteiger partial charge >= 0.3 is 0 Å². The van der Waals surface area contributed by atoms with E-state index in [2.05, 4.69) is 15.3 Å². The molecule has 2 aromatic heterocycles. The molecular formula is C19H18FN5O2. The molecule has 138 valence electrons. The molecule has 5 rings (SSSR count). The van der Waals surface area contributed by atoms with Crippen LogP contribution in [-0.2, 0) is 11.3 Å². The van der Waals surface area contributed by atoms with E-state index in [1.165, 1.54) is 12.1 Å². The summed E-state index contributed by atoms with van der Waals surface area (Å²) in [5, 5.41) is 8.81. The third-order valence-electron chi connectivity index (χ3n) is 5.35. The van der Waals surface area contributed by atoms with Crippen molar-refractivity contribution in [1.29, 1.82) is 0 Å². The summed E-state index contributed by atoms with van der Waals surface area (Å²) in [4.78, 5) is 19.5. The van der Waals surface area contributed by atoms with Crippen LogP contribution in [0.25, 0.3) is 10.9 Å². The zero-order valence-electron chi connectivity index (χ0n) is 14.8. The van der Waals surface area contributed by atoms with Crippen molar-refractivity contribution in [1.82, 2.24) is 24.9 Å². The minimum absolute atomic E-state index is 0.0354. The minimum Gasteiger partial charge on any atom is -0.370 e. The lowest BCUT2D eigenvalue weighted by Gasteiger charge is -2.41. The van der Waals surface area contributed by atoms with Crippen LogP contribution in [0.4, 0.5) is 4.39 Å². The van der Waals surface area contributed by atoms with E-state index in [0.29, 0.717) is 41.9 Å². The van der Waals surface area contributed by atoms with Gasteiger partial charge in [0.2, 0.25) is 0 Å². The van der Waals surface area contributed by atoms with Crippen LogP contribution < -0.4 is 0 Å². The predicted molar refractivity (Wildman–Crippen MR) is 94.6 cm³/mol. The van der Waals surface area contributed by atoms with E-state index in [-0.39, 0.29) is 23.9 Å². The van der Waals surface area contributed by atoms with Gasteiger partial charge in [0.05, 0.1) is 41.7 Å². The van der Waals surface area contributed by atoms with Gasteiger partial charge in [-0.15, -0.1) is 5.10 Å². The summed E-state index contributed by atoms with van der Waals surface area (Å²) in [5.74, 6) is -0.444. The topological polar surface area (TPSA) is 73.1 Å². The molecule has 1 aromatic carbocycles. The summed E-state index contributed by atoms with van der Waals surface area (Å²) >= 11 is 0. The van der Waals surface area contributed by atoms with Gasteiger partial charge in [-0.2, -0.15) is 0 Å². The second-order valence-corrected chi connectivity index (χ2v) is 7.10. The Bertz CT molecular complexity index is 1040. The van der Waals surface area contributed by atoms with Crippen LogP contribution in [0.1, 0.15) is 34.2 Å². The number of hydrogen-bond acceptors (Lipinski definition) is 5. The Morgan fingerprint density at radius 3 is 3.11 bits per heavy atom. The number of piperidine rings is 1. The molecule has 2 aliphatic rings. The molecule has 1 fully saturated rings. The fourth-order valence-electron chi connectivity index (χ4n) is 4.04. The molecule has 4 heterocycles. The number of carbonyl (C=O) groups excluding carboxylic acids is 1. The summed E-state index contributed by atoms with van der Waals surface area (Å²) in [6, 6.07) is 6.07. The van der Waals surface area contributed by atoms with Crippen LogP contribution in [0.2, 0.25) is 0 Å². The van der Waals surface area contributed by atoms with E-state index in [0.717, 1.165) is 12.1 Å². The maximum atomic E-state index is 13.6. The Labute approximate surface area is 154 Å². The molecule has 0 aliphatic carbocycles. The van der Waals surface area contributed by atoms with Gasteiger partial charge in [-0.1, -0.05) is 5.21 Å². The molecule has 1 saturated heterocycles. The summed E-state index contributed by atoms with van der Waals surface area (Å²) in [7, 11) is 0. The van der Waals surface area contributed by atoms with Gasteiger partial charge in [0.15, 0.2) is 0 Å². The number of ether oxygens (including phenoxy) is 1. The Morgan fingerprint density at radius 2 is 2.22 bits per heavy atom. The number of rotatable bonds is 1. The van der Waals surface area contributed by atoms with Gasteiger partial charge in [-0.05, 0) is 31.5 Å². The molecule has 0 saturated carbocycles. The van der Waals surface area contributed by atoms with Crippen molar-refractivity contribution in [3.8, 4) is 0 Å². The third kappa shape index (κ3) is 2.68. The number of benzene rings is 1. The van der Waals surface area contributed by atoms with Crippen LogP contribution in [0.5, 0.6) is 0 Å². The standard InChI is InChI=1S/C19H18FN5O2/c1-11-6-15(14-3-2-12(20)7-16(14)22-11)19(26)24-5-4-18-17(9-24)25-13(10-27-18)8-21-23-25/h2-3,6-8,17-18H,4-5,9-10H2,1H3/t17-,18-/m1/s1. The van der Waals surface area contributed by atoms with Gasteiger partial charge < -0.3 is 9.64 Å². The van der Waals surface area contributed by atoms with Gasteiger partial charge in [-0.25, -0.2) is 9.07 Å². The maximum Gasteiger partial charge on any atom is 0.254 e. The van der Waals surface area contributed by atoms with Gasteiger partial charge in [-0.3, -0.25) is 9.78 Å². The van der Waals surface area contributed by atoms with Crippen molar-refractivity contribution in [2.45, 2.75) is 32.1 Å². The molecule has 7 nitrogen and oxygen atoms in total. The third-order valence-corrected chi connectivity index (χ3v) is 5.35. The normalized spacial score (nSPS) is 21.8. The van der Waals surface area contributed by atoms with E-state index in [1.807, 2.05) is 16.5 Å². The molecule has 0 radical (unpaired) electrons. The van der Waals surface area contributed by atoms with Crippen molar-refractivity contribution < 1.29 is 13.9 Å². The lowest BCUT2D eigenvalue weighted by atomic mass is 9.98. The molecule has 0 bridgehead atoms. The number of fused-ring (bicyclic) bond motifs is 4. The first-order valence-corrected chi connectivity index (χ1v) is 8.97. The number of hydrogen-bond donors (Lipinski definition) is 0. The number of likely N-dealkylation sites (tertiary alicyclic amines) is 1.